The summed E-state index contributed by atoms with van der Waals surface area (Å²) in [4.78, 5) is 11.2. The third-order valence-corrected chi connectivity index (χ3v) is 1.81. The number of halogens is 2. The highest BCUT2D eigenvalue weighted by Crippen LogP contribution is 2.09. The number of benzene rings is 1. The zero-order chi connectivity index (χ0) is 10.7. The molecule has 0 aliphatic rings. The van der Waals surface area contributed by atoms with Crippen LogP contribution in [0, 0.1) is 11.6 Å². The first kappa shape index (κ1) is 10.8. The van der Waals surface area contributed by atoms with E-state index in [9.17, 15) is 13.6 Å². The van der Waals surface area contributed by atoms with Gasteiger partial charge in [-0.05, 0) is 24.6 Å². The molecule has 0 aliphatic heterocycles. The summed E-state index contributed by atoms with van der Waals surface area (Å²) in [5.74, 6) is -1.61. The summed E-state index contributed by atoms with van der Waals surface area (Å²) in [6, 6.07) is 2.41. The van der Waals surface area contributed by atoms with Gasteiger partial charge in [0.2, 0.25) is 0 Å². The highest BCUT2D eigenvalue weighted by atomic mass is 19.1. The van der Waals surface area contributed by atoms with Crippen LogP contribution < -0.4 is 5.73 Å². The molecule has 0 spiro atoms. The van der Waals surface area contributed by atoms with Crippen molar-refractivity contribution >= 4 is 5.78 Å². The summed E-state index contributed by atoms with van der Waals surface area (Å²) in [7, 11) is 0. The molecule has 0 radical (unpaired) electrons. The lowest BCUT2D eigenvalue weighted by atomic mass is 10.1. The van der Waals surface area contributed by atoms with E-state index >= 15 is 0 Å². The number of carbonyl (C=O) groups is 1. The number of nitrogens with two attached hydrogens (primary N) is 1. The second-order valence-electron chi connectivity index (χ2n) is 3.21. The normalized spacial score (nSPS) is 12.6. The molecule has 0 saturated carbocycles. The van der Waals surface area contributed by atoms with Crippen molar-refractivity contribution in [3.05, 3.63) is 35.4 Å². The lowest BCUT2D eigenvalue weighted by Gasteiger charge is -2.04. The van der Waals surface area contributed by atoms with Gasteiger partial charge in [-0.15, -0.1) is 0 Å². The van der Waals surface area contributed by atoms with Gasteiger partial charge in [-0.25, -0.2) is 8.78 Å². The van der Waals surface area contributed by atoms with Gasteiger partial charge in [-0.3, -0.25) is 4.79 Å². The maximum atomic E-state index is 12.7. The Balaban J connectivity index is 2.82. The number of Topliss-reactive ketones (excluding diaryl/α,β-unsaturated/α-hetero) is 1. The predicted octanol–water partition coefficient (Wildman–Crippen LogP) is 1.42. The first-order valence-corrected chi connectivity index (χ1v) is 4.22. The highest BCUT2D eigenvalue weighted by molar-refractivity contribution is 5.85. The van der Waals surface area contributed by atoms with Gasteiger partial charge in [-0.2, -0.15) is 0 Å². The highest BCUT2D eigenvalue weighted by Gasteiger charge is 2.10. The number of ketones is 1. The van der Waals surface area contributed by atoms with Crippen LogP contribution in [0.25, 0.3) is 0 Å². The van der Waals surface area contributed by atoms with Crippen LogP contribution in [0.4, 0.5) is 8.78 Å². The van der Waals surface area contributed by atoms with E-state index in [0.717, 1.165) is 18.2 Å². The van der Waals surface area contributed by atoms with Crippen LogP contribution in [0.3, 0.4) is 0 Å². The molecule has 2 N–H and O–H groups in total. The smallest absolute Gasteiger partial charge is 0.153 e. The summed E-state index contributed by atoms with van der Waals surface area (Å²) >= 11 is 0. The molecule has 14 heavy (non-hydrogen) atoms. The SMILES string of the molecule is CC(N)C(=O)Cc1cc(F)cc(F)c1. The topological polar surface area (TPSA) is 43.1 Å². The van der Waals surface area contributed by atoms with Crippen molar-refractivity contribution in [2.24, 2.45) is 5.73 Å². The van der Waals surface area contributed by atoms with E-state index in [1.807, 2.05) is 0 Å². The van der Waals surface area contributed by atoms with Gasteiger partial charge in [0, 0.05) is 12.5 Å². The zero-order valence-electron chi connectivity index (χ0n) is 7.76. The summed E-state index contributed by atoms with van der Waals surface area (Å²) in [6.07, 6.45) is -0.0354. The standard InChI is InChI=1S/C10H11F2NO/c1-6(13)10(14)4-7-2-8(11)5-9(12)3-7/h2-3,5-6H,4,13H2,1H3. The van der Waals surface area contributed by atoms with Gasteiger partial charge >= 0.3 is 0 Å². The van der Waals surface area contributed by atoms with Crippen molar-refractivity contribution < 1.29 is 13.6 Å². The molecule has 4 heteroatoms. The average molecular weight is 199 g/mol. The molecule has 0 aliphatic carbocycles. The van der Waals surface area contributed by atoms with Crippen LogP contribution in [-0.2, 0) is 11.2 Å². The summed E-state index contributed by atoms with van der Waals surface area (Å²) < 4.78 is 25.4. The number of hydrogen-bond donors (Lipinski definition) is 1. The van der Waals surface area contributed by atoms with Gasteiger partial charge < -0.3 is 5.73 Å². The molecule has 76 valence electrons. The summed E-state index contributed by atoms with van der Waals surface area (Å²) in [6.45, 7) is 1.54. The maximum absolute atomic E-state index is 12.7. The Morgan fingerprint density at radius 1 is 1.36 bits per heavy atom. The zero-order valence-corrected chi connectivity index (χ0v) is 7.76. The Morgan fingerprint density at radius 3 is 2.29 bits per heavy atom. The predicted molar refractivity (Wildman–Crippen MR) is 48.7 cm³/mol. The van der Waals surface area contributed by atoms with E-state index in [1.54, 1.807) is 0 Å². The van der Waals surface area contributed by atoms with Crippen molar-refractivity contribution in [2.45, 2.75) is 19.4 Å². The van der Waals surface area contributed by atoms with E-state index < -0.39 is 17.7 Å². The quantitative estimate of drug-likeness (QED) is 0.800. The Bertz CT molecular complexity index is 330. The van der Waals surface area contributed by atoms with Crippen molar-refractivity contribution in [1.82, 2.24) is 0 Å². The van der Waals surface area contributed by atoms with Crippen molar-refractivity contribution in [2.75, 3.05) is 0 Å². The van der Waals surface area contributed by atoms with Crippen LogP contribution >= 0.6 is 0 Å². The Hall–Kier alpha value is -1.29. The lowest BCUT2D eigenvalue weighted by Crippen LogP contribution is -2.28. The Labute approximate surface area is 80.7 Å². The van der Waals surface area contributed by atoms with Gasteiger partial charge in [0.05, 0.1) is 6.04 Å². The fourth-order valence-corrected chi connectivity index (χ4v) is 1.08. The first-order valence-electron chi connectivity index (χ1n) is 4.22. The van der Waals surface area contributed by atoms with E-state index in [4.69, 9.17) is 5.73 Å². The first-order chi connectivity index (χ1) is 6.49. The van der Waals surface area contributed by atoms with Gasteiger partial charge in [0.15, 0.2) is 5.78 Å². The minimum Gasteiger partial charge on any atom is -0.322 e. The number of rotatable bonds is 3. The minimum absolute atomic E-state index is 0.0354. The molecule has 0 bridgehead atoms. The molecule has 1 atom stereocenters. The molecule has 0 amide bonds. The molecule has 0 heterocycles. The average Bonchev–Trinajstić information content (AvgIpc) is 2.01. The van der Waals surface area contributed by atoms with Gasteiger partial charge in [0.25, 0.3) is 0 Å². The summed E-state index contributed by atoms with van der Waals surface area (Å²) in [5.41, 5.74) is 5.63. The second-order valence-corrected chi connectivity index (χ2v) is 3.21. The molecule has 1 unspecified atom stereocenters. The Morgan fingerprint density at radius 2 is 1.86 bits per heavy atom. The molecule has 0 aromatic heterocycles. The molecule has 1 aromatic carbocycles. The lowest BCUT2D eigenvalue weighted by molar-refractivity contribution is -0.119. The Kier molecular flexibility index (Phi) is 3.30. The second kappa shape index (κ2) is 4.28. The van der Waals surface area contributed by atoms with Gasteiger partial charge in [0.1, 0.15) is 11.6 Å². The molecule has 0 fully saturated rings. The molecular formula is C10H11F2NO. The monoisotopic (exact) mass is 199 g/mol. The van der Waals surface area contributed by atoms with E-state index in [0.29, 0.717) is 5.56 Å². The molecule has 1 rings (SSSR count). The van der Waals surface area contributed by atoms with Crippen LogP contribution in [0.5, 0.6) is 0 Å². The van der Waals surface area contributed by atoms with Gasteiger partial charge in [-0.1, -0.05) is 0 Å². The van der Waals surface area contributed by atoms with Crippen molar-refractivity contribution in [3.8, 4) is 0 Å². The van der Waals surface area contributed by atoms with Crippen LogP contribution in [-0.4, -0.2) is 11.8 Å². The van der Waals surface area contributed by atoms with Crippen molar-refractivity contribution in [1.29, 1.82) is 0 Å². The van der Waals surface area contributed by atoms with Crippen LogP contribution in [0.2, 0.25) is 0 Å². The minimum atomic E-state index is -0.683. The fraction of sp³-hybridized carbons (Fsp3) is 0.300. The van der Waals surface area contributed by atoms with Crippen LogP contribution in [0.15, 0.2) is 18.2 Å². The molecule has 2 nitrogen and oxygen atoms in total. The largest absolute Gasteiger partial charge is 0.322 e. The number of hydrogen-bond acceptors (Lipinski definition) is 2. The van der Waals surface area contributed by atoms with E-state index in [2.05, 4.69) is 0 Å². The molecule has 1 aromatic rings. The maximum Gasteiger partial charge on any atom is 0.153 e. The van der Waals surface area contributed by atoms with Crippen LogP contribution in [0.1, 0.15) is 12.5 Å². The fourth-order valence-electron chi connectivity index (χ4n) is 1.08. The summed E-state index contributed by atoms with van der Waals surface area (Å²) in [5, 5.41) is 0. The molecule has 0 saturated heterocycles. The number of carbonyl (C=O) groups excluding carboxylic acids is 1. The third-order valence-electron chi connectivity index (χ3n) is 1.81. The third kappa shape index (κ3) is 2.88. The van der Waals surface area contributed by atoms with Crippen molar-refractivity contribution in [3.63, 3.8) is 0 Å². The van der Waals surface area contributed by atoms with E-state index in [-0.39, 0.29) is 12.2 Å². The van der Waals surface area contributed by atoms with E-state index in [1.165, 1.54) is 6.92 Å². The molecular weight excluding hydrogens is 188 g/mol.